The molecule has 1 atom stereocenters. The molecule has 4 aromatic rings. The molecule has 252 valence electrons. The van der Waals surface area contributed by atoms with Gasteiger partial charge >= 0.3 is 0 Å². The van der Waals surface area contributed by atoms with Crippen LogP contribution in [-0.4, -0.2) is 58.0 Å². The SMILES string of the molecule is COc1ccc(S(=O)(=O)N(CC(=O)N(Cc2ccc(C)cc2)[C@H](Cc2ccccc2)C(=O)NC2CCCC2)c2ccccc2OC)cc1. The first kappa shape index (κ1) is 34.5. The number of para-hydroxylation sites is 2. The van der Waals surface area contributed by atoms with Gasteiger partial charge in [-0.15, -0.1) is 0 Å². The van der Waals surface area contributed by atoms with Crippen molar-refractivity contribution >= 4 is 27.5 Å². The van der Waals surface area contributed by atoms with E-state index in [0.717, 1.165) is 46.7 Å². The van der Waals surface area contributed by atoms with Crippen molar-refractivity contribution in [3.63, 3.8) is 0 Å². The second-order valence-electron chi connectivity index (χ2n) is 12.1. The topological polar surface area (TPSA) is 105 Å². The minimum atomic E-state index is -4.29. The number of carbonyl (C=O) groups excluding carboxylic acids is 2. The fraction of sp³-hybridized carbons (Fsp3) is 0.316. The van der Waals surface area contributed by atoms with Crippen molar-refractivity contribution in [1.29, 1.82) is 0 Å². The second kappa shape index (κ2) is 15.8. The summed E-state index contributed by atoms with van der Waals surface area (Å²) in [5, 5.41) is 3.20. The largest absolute Gasteiger partial charge is 0.497 e. The predicted molar refractivity (Wildman–Crippen MR) is 187 cm³/mol. The molecule has 0 radical (unpaired) electrons. The molecule has 2 amide bonds. The van der Waals surface area contributed by atoms with Gasteiger partial charge in [0, 0.05) is 19.0 Å². The van der Waals surface area contributed by atoms with E-state index in [0.29, 0.717) is 5.75 Å². The Morgan fingerprint density at radius 2 is 1.46 bits per heavy atom. The molecule has 0 aliphatic heterocycles. The molecule has 0 aromatic heterocycles. The number of anilines is 1. The van der Waals surface area contributed by atoms with Gasteiger partial charge in [-0.3, -0.25) is 13.9 Å². The van der Waals surface area contributed by atoms with Crippen LogP contribution in [0.1, 0.15) is 42.4 Å². The highest BCUT2D eigenvalue weighted by Gasteiger charge is 2.36. The highest BCUT2D eigenvalue weighted by atomic mass is 32.2. The summed E-state index contributed by atoms with van der Waals surface area (Å²) in [6, 6.07) is 29.1. The van der Waals surface area contributed by atoms with Crippen LogP contribution in [-0.2, 0) is 32.6 Å². The fourth-order valence-electron chi connectivity index (χ4n) is 6.04. The molecular formula is C38H43N3O6S. The van der Waals surface area contributed by atoms with E-state index in [2.05, 4.69) is 5.32 Å². The van der Waals surface area contributed by atoms with E-state index < -0.39 is 28.5 Å². The average Bonchev–Trinajstić information content (AvgIpc) is 3.62. The Kier molecular flexibility index (Phi) is 11.4. The van der Waals surface area contributed by atoms with Gasteiger partial charge in [0.25, 0.3) is 10.0 Å². The number of aryl methyl sites for hydroxylation is 1. The van der Waals surface area contributed by atoms with E-state index in [1.165, 1.54) is 31.3 Å². The summed E-state index contributed by atoms with van der Waals surface area (Å²) in [6.07, 6.45) is 4.11. The molecule has 1 aliphatic rings. The van der Waals surface area contributed by atoms with Crippen molar-refractivity contribution in [2.75, 3.05) is 25.1 Å². The molecule has 9 nitrogen and oxygen atoms in total. The quantitative estimate of drug-likeness (QED) is 0.179. The van der Waals surface area contributed by atoms with Crippen LogP contribution in [0.25, 0.3) is 0 Å². The molecule has 0 unspecified atom stereocenters. The number of sulfonamides is 1. The number of benzene rings is 4. The lowest BCUT2D eigenvalue weighted by Crippen LogP contribution is -2.54. The van der Waals surface area contributed by atoms with Gasteiger partial charge in [-0.25, -0.2) is 8.42 Å². The predicted octanol–water partition coefficient (Wildman–Crippen LogP) is 5.91. The molecule has 4 aromatic carbocycles. The first-order chi connectivity index (χ1) is 23.2. The lowest BCUT2D eigenvalue weighted by atomic mass is 10.0. The molecule has 1 N–H and O–H groups in total. The first-order valence-electron chi connectivity index (χ1n) is 16.2. The number of nitrogens with zero attached hydrogens (tertiary/aromatic N) is 2. The van der Waals surface area contributed by atoms with Crippen molar-refractivity contribution < 1.29 is 27.5 Å². The number of nitrogens with one attached hydrogen (secondary N) is 1. The van der Waals surface area contributed by atoms with Crippen LogP contribution < -0.4 is 19.1 Å². The number of carbonyl (C=O) groups is 2. The van der Waals surface area contributed by atoms with E-state index in [1.807, 2.05) is 61.5 Å². The van der Waals surface area contributed by atoms with Gasteiger partial charge in [0.1, 0.15) is 24.1 Å². The molecule has 48 heavy (non-hydrogen) atoms. The normalized spacial score (nSPS) is 13.8. The third-order valence-electron chi connectivity index (χ3n) is 8.73. The fourth-order valence-corrected chi connectivity index (χ4v) is 7.46. The van der Waals surface area contributed by atoms with Crippen LogP contribution in [0.3, 0.4) is 0 Å². The highest BCUT2D eigenvalue weighted by Crippen LogP contribution is 2.33. The van der Waals surface area contributed by atoms with Gasteiger partial charge in [0.05, 0.1) is 24.8 Å². The number of hydrogen-bond acceptors (Lipinski definition) is 6. The summed E-state index contributed by atoms with van der Waals surface area (Å²) >= 11 is 0. The smallest absolute Gasteiger partial charge is 0.264 e. The average molecular weight is 670 g/mol. The molecule has 0 bridgehead atoms. The standard InChI is InChI=1S/C38H43N3O6S/c1-28-17-19-30(20-18-28)26-40(35(25-29-11-5-4-6-12-29)38(43)39-31-13-7-8-14-31)37(42)27-41(34-15-9-10-16-36(34)47-3)48(44,45)33-23-21-32(46-2)22-24-33/h4-6,9-12,15-24,31,35H,7-8,13-14,25-27H2,1-3H3,(H,39,43)/t35-/m1/s1. The van der Waals surface area contributed by atoms with Crippen molar-refractivity contribution in [2.45, 2.75) is 62.6 Å². The minimum Gasteiger partial charge on any atom is -0.497 e. The molecule has 0 saturated heterocycles. The van der Waals surface area contributed by atoms with Crippen molar-refractivity contribution in [1.82, 2.24) is 10.2 Å². The number of methoxy groups -OCH3 is 2. The van der Waals surface area contributed by atoms with Crippen LogP contribution >= 0.6 is 0 Å². The molecule has 5 rings (SSSR count). The zero-order chi connectivity index (χ0) is 34.1. The monoisotopic (exact) mass is 669 g/mol. The van der Waals surface area contributed by atoms with E-state index in [1.54, 1.807) is 36.4 Å². The Hall–Kier alpha value is -4.83. The van der Waals surface area contributed by atoms with Crippen LogP contribution in [0.2, 0.25) is 0 Å². The third-order valence-corrected chi connectivity index (χ3v) is 10.5. The van der Waals surface area contributed by atoms with Gasteiger partial charge in [-0.05, 0) is 67.3 Å². The summed E-state index contributed by atoms with van der Waals surface area (Å²) in [6.45, 7) is 1.52. The van der Waals surface area contributed by atoms with Gasteiger partial charge < -0.3 is 19.7 Å². The number of amides is 2. The summed E-state index contributed by atoms with van der Waals surface area (Å²) in [4.78, 5) is 30.4. The van der Waals surface area contributed by atoms with Crippen LogP contribution in [0, 0.1) is 6.92 Å². The highest BCUT2D eigenvalue weighted by molar-refractivity contribution is 7.92. The van der Waals surface area contributed by atoms with Crippen molar-refractivity contribution in [3.05, 3.63) is 120 Å². The molecular weight excluding hydrogens is 627 g/mol. The van der Waals surface area contributed by atoms with E-state index >= 15 is 0 Å². The summed E-state index contributed by atoms with van der Waals surface area (Å²) in [5.74, 6) is -0.00316. The summed E-state index contributed by atoms with van der Waals surface area (Å²) in [7, 11) is -1.34. The van der Waals surface area contributed by atoms with E-state index in [4.69, 9.17) is 9.47 Å². The zero-order valence-electron chi connectivity index (χ0n) is 27.7. The van der Waals surface area contributed by atoms with Gasteiger partial charge in [-0.2, -0.15) is 0 Å². The maximum absolute atomic E-state index is 14.7. The van der Waals surface area contributed by atoms with Gasteiger partial charge in [0.2, 0.25) is 11.8 Å². The Balaban J connectivity index is 1.58. The van der Waals surface area contributed by atoms with E-state index in [-0.39, 0.29) is 41.2 Å². The lowest BCUT2D eigenvalue weighted by molar-refractivity contribution is -0.140. The zero-order valence-corrected chi connectivity index (χ0v) is 28.5. The number of ether oxygens (including phenoxy) is 2. The van der Waals surface area contributed by atoms with Crippen LogP contribution in [0.15, 0.2) is 108 Å². The maximum Gasteiger partial charge on any atom is 0.264 e. The Morgan fingerprint density at radius 3 is 2.10 bits per heavy atom. The molecule has 0 spiro atoms. The molecule has 1 fully saturated rings. The number of hydrogen-bond donors (Lipinski definition) is 1. The van der Waals surface area contributed by atoms with E-state index in [9.17, 15) is 18.0 Å². The minimum absolute atomic E-state index is 0.0214. The molecule has 0 heterocycles. The number of rotatable bonds is 14. The molecule has 1 saturated carbocycles. The van der Waals surface area contributed by atoms with Crippen LogP contribution in [0.5, 0.6) is 11.5 Å². The van der Waals surface area contributed by atoms with Crippen molar-refractivity contribution in [2.24, 2.45) is 0 Å². The Bertz CT molecular complexity index is 1770. The van der Waals surface area contributed by atoms with Crippen LogP contribution in [0.4, 0.5) is 5.69 Å². The summed E-state index contributed by atoms with van der Waals surface area (Å²) in [5.41, 5.74) is 2.97. The third kappa shape index (κ3) is 8.36. The Morgan fingerprint density at radius 1 is 0.812 bits per heavy atom. The van der Waals surface area contributed by atoms with Gasteiger partial charge in [0.15, 0.2) is 0 Å². The molecule has 10 heteroatoms. The van der Waals surface area contributed by atoms with Gasteiger partial charge in [-0.1, -0.05) is 85.1 Å². The Labute approximate surface area is 283 Å². The second-order valence-corrected chi connectivity index (χ2v) is 13.9. The summed E-state index contributed by atoms with van der Waals surface area (Å²) < 4.78 is 40.6. The maximum atomic E-state index is 14.7. The lowest BCUT2D eigenvalue weighted by Gasteiger charge is -2.34. The first-order valence-corrected chi connectivity index (χ1v) is 17.6. The molecule has 1 aliphatic carbocycles. The van der Waals surface area contributed by atoms with Crippen molar-refractivity contribution in [3.8, 4) is 11.5 Å².